The van der Waals surface area contributed by atoms with Crippen molar-refractivity contribution in [3.8, 4) is 5.75 Å². The van der Waals surface area contributed by atoms with E-state index in [1.165, 1.54) is 0 Å². The second-order valence-electron chi connectivity index (χ2n) is 5.12. The van der Waals surface area contributed by atoms with E-state index in [1.54, 1.807) is 43.3 Å². The average molecular weight is 328 g/mol. The first kappa shape index (κ1) is 17.5. The second-order valence-corrected chi connectivity index (χ2v) is 5.12. The summed E-state index contributed by atoms with van der Waals surface area (Å²) in [5, 5.41) is 14.1. The van der Waals surface area contributed by atoms with Crippen LogP contribution in [0.1, 0.15) is 17.3 Å². The molecule has 126 valence electrons. The number of hydrogen-bond donors (Lipinski definition) is 3. The largest absolute Gasteiger partial charge is 0.481 e. The number of para-hydroxylation sites is 1. The van der Waals surface area contributed by atoms with Crippen LogP contribution in [0.25, 0.3) is 0 Å². The molecule has 0 saturated carbocycles. The zero-order chi connectivity index (χ0) is 17.4. The van der Waals surface area contributed by atoms with E-state index in [2.05, 4.69) is 10.6 Å². The van der Waals surface area contributed by atoms with Gasteiger partial charge in [0.15, 0.2) is 6.10 Å². The van der Waals surface area contributed by atoms with Crippen molar-refractivity contribution >= 4 is 17.5 Å². The highest BCUT2D eigenvalue weighted by molar-refractivity contribution is 5.95. The quantitative estimate of drug-likeness (QED) is 0.723. The number of amides is 2. The predicted octanol–water partition coefficient (Wildman–Crippen LogP) is 1.81. The minimum absolute atomic E-state index is 0.126. The number of rotatable bonds is 7. The van der Waals surface area contributed by atoms with Gasteiger partial charge in [0.1, 0.15) is 5.75 Å². The molecule has 0 aliphatic rings. The molecule has 0 aliphatic carbocycles. The molecule has 3 N–H and O–H groups in total. The third kappa shape index (κ3) is 5.10. The van der Waals surface area contributed by atoms with E-state index in [0.717, 1.165) is 0 Å². The Hall–Kier alpha value is -2.86. The van der Waals surface area contributed by atoms with Crippen LogP contribution in [0.4, 0.5) is 5.69 Å². The Balaban J connectivity index is 1.97. The SMILES string of the molecule is C[C@H](Oc1cccc(C(=O)NCCO)c1)C(=O)Nc1ccccc1. The lowest BCUT2D eigenvalue weighted by atomic mass is 10.2. The summed E-state index contributed by atoms with van der Waals surface area (Å²) in [7, 11) is 0. The van der Waals surface area contributed by atoms with Crippen LogP contribution < -0.4 is 15.4 Å². The Morgan fingerprint density at radius 3 is 2.58 bits per heavy atom. The van der Waals surface area contributed by atoms with Gasteiger partial charge in [-0.25, -0.2) is 0 Å². The molecule has 0 unspecified atom stereocenters. The number of aliphatic hydroxyl groups excluding tert-OH is 1. The molecule has 2 aromatic rings. The van der Waals surface area contributed by atoms with Crippen LogP contribution in [-0.4, -0.2) is 36.2 Å². The lowest BCUT2D eigenvalue weighted by Gasteiger charge is -2.15. The summed E-state index contributed by atoms with van der Waals surface area (Å²) in [6.45, 7) is 1.69. The number of nitrogens with one attached hydrogen (secondary N) is 2. The second kappa shape index (κ2) is 8.69. The predicted molar refractivity (Wildman–Crippen MR) is 91.0 cm³/mol. The van der Waals surface area contributed by atoms with Crippen molar-refractivity contribution in [2.24, 2.45) is 0 Å². The number of hydrogen-bond acceptors (Lipinski definition) is 4. The van der Waals surface area contributed by atoms with Gasteiger partial charge in [-0.2, -0.15) is 0 Å². The summed E-state index contributed by atoms with van der Waals surface area (Å²) in [5.41, 5.74) is 1.09. The number of carbonyl (C=O) groups is 2. The van der Waals surface area contributed by atoms with Gasteiger partial charge in [-0.15, -0.1) is 0 Å². The fourth-order valence-electron chi connectivity index (χ4n) is 2.01. The monoisotopic (exact) mass is 328 g/mol. The Morgan fingerprint density at radius 1 is 1.12 bits per heavy atom. The molecule has 2 amide bonds. The molecule has 24 heavy (non-hydrogen) atoms. The first-order valence-corrected chi connectivity index (χ1v) is 7.62. The maximum Gasteiger partial charge on any atom is 0.265 e. The lowest BCUT2D eigenvalue weighted by Crippen LogP contribution is -2.30. The molecule has 0 heterocycles. The molecular formula is C18H20N2O4. The number of ether oxygens (including phenoxy) is 1. The topological polar surface area (TPSA) is 87.7 Å². The zero-order valence-electron chi connectivity index (χ0n) is 13.4. The molecule has 0 aromatic heterocycles. The molecule has 6 heteroatoms. The smallest absolute Gasteiger partial charge is 0.265 e. The van der Waals surface area contributed by atoms with Crippen molar-refractivity contribution < 1.29 is 19.4 Å². The van der Waals surface area contributed by atoms with Crippen molar-refractivity contribution in [2.75, 3.05) is 18.5 Å². The average Bonchev–Trinajstić information content (AvgIpc) is 2.60. The van der Waals surface area contributed by atoms with Crippen molar-refractivity contribution in [1.29, 1.82) is 0 Å². The minimum Gasteiger partial charge on any atom is -0.481 e. The molecule has 0 bridgehead atoms. The first-order valence-electron chi connectivity index (χ1n) is 7.62. The van der Waals surface area contributed by atoms with Gasteiger partial charge in [-0.05, 0) is 37.3 Å². The summed E-state index contributed by atoms with van der Waals surface area (Å²) >= 11 is 0. The van der Waals surface area contributed by atoms with Crippen LogP contribution in [0.2, 0.25) is 0 Å². The summed E-state index contributed by atoms with van der Waals surface area (Å²) in [4.78, 5) is 24.0. The van der Waals surface area contributed by atoms with E-state index < -0.39 is 6.10 Å². The van der Waals surface area contributed by atoms with Crippen molar-refractivity contribution in [3.63, 3.8) is 0 Å². The van der Waals surface area contributed by atoms with Crippen LogP contribution in [0.15, 0.2) is 54.6 Å². The summed E-state index contributed by atoms with van der Waals surface area (Å²) in [6, 6.07) is 15.6. The molecule has 2 aromatic carbocycles. The number of benzene rings is 2. The van der Waals surface area contributed by atoms with E-state index in [-0.39, 0.29) is 25.0 Å². The first-order chi connectivity index (χ1) is 11.6. The Morgan fingerprint density at radius 2 is 1.88 bits per heavy atom. The normalized spacial score (nSPS) is 11.4. The maximum absolute atomic E-state index is 12.1. The van der Waals surface area contributed by atoms with Crippen molar-refractivity contribution in [3.05, 3.63) is 60.2 Å². The highest BCUT2D eigenvalue weighted by Gasteiger charge is 2.15. The van der Waals surface area contributed by atoms with E-state index in [1.807, 2.05) is 18.2 Å². The van der Waals surface area contributed by atoms with Gasteiger partial charge in [-0.3, -0.25) is 9.59 Å². The van der Waals surface area contributed by atoms with Crippen LogP contribution in [0.3, 0.4) is 0 Å². The van der Waals surface area contributed by atoms with Crippen LogP contribution in [0, 0.1) is 0 Å². The number of carbonyl (C=O) groups excluding carboxylic acids is 2. The Kier molecular flexibility index (Phi) is 6.33. The molecule has 0 fully saturated rings. The number of aliphatic hydroxyl groups is 1. The van der Waals surface area contributed by atoms with E-state index in [0.29, 0.717) is 17.0 Å². The number of anilines is 1. The van der Waals surface area contributed by atoms with Crippen molar-refractivity contribution in [2.45, 2.75) is 13.0 Å². The van der Waals surface area contributed by atoms with Gasteiger partial charge in [-0.1, -0.05) is 24.3 Å². The van der Waals surface area contributed by atoms with Crippen LogP contribution >= 0.6 is 0 Å². The van der Waals surface area contributed by atoms with Gasteiger partial charge in [0.25, 0.3) is 11.8 Å². The molecule has 0 radical (unpaired) electrons. The third-order valence-electron chi connectivity index (χ3n) is 3.22. The van der Waals surface area contributed by atoms with Crippen LogP contribution in [-0.2, 0) is 4.79 Å². The third-order valence-corrected chi connectivity index (χ3v) is 3.22. The van der Waals surface area contributed by atoms with Crippen molar-refractivity contribution in [1.82, 2.24) is 5.32 Å². The zero-order valence-corrected chi connectivity index (χ0v) is 13.4. The Labute approximate surface area is 140 Å². The molecule has 1 atom stereocenters. The van der Waals surface area contributed by atoms with Gasteiger partial charge < -0.3 is 20.5 Å². The fraction of sp³-hybridized carbons (Fsp3) is 0.222. The molecular weight excluding hydrogens is 308 g/mol. The van der Waals surface area contributed by atoms with Crippen LogP contribution in [0.5, 0.6) is 5.75 Å². The van der Waals surface area contributed by atoms with Gasteiger partial charge in [0.2, 0.25) is 0 Å². The molecule has 6 nitrogen and oxygen atoms in total. The minimum atomic E-state index is -0.721. The maximum atomic E-state index is 12.1. The molecule has 0 aliphatic heterocycles. The summed E-state index contributed by atoms with van der Waals surface area (Å²) < 4.78 is 5.60. The standard InChI is InChI=1S/C18H20N2O4/c1-13(17(22)20-15-7-3-2-4-8-15)24-16-9-5-6-14(12-16)18(23)19-10-11-21/h2-9,12-13,21H,10-11H2,1H3,(H,19,23)(H,20,22)/t13-/m0/s1. The molecule has 0 spiro atoms. The fourth-order valence-corrected chi connectivity index (χ4v) is 2.01. The summed E-state index contributed by atoms with van der Waals surface area (Å²) in [5.74, 6) is -0.172. The van der Waals surface area contributed by atoms with Gasteiger partial charge in [0.05, 0.1) is 6.61 Å². The highest BCUT2D eigenvalue weighted by atomic mass is 16.5. The lowest BCUT2D eigenvalue weighted by molar-refractivity contribution is -0.122. The molecule has 0 saturated heterocycles. The van der Waals surface area contributed by atoms with E-state index >= 15 is 0 Å². The Bertz CT molecular complexity index is 688. The van der Waals surface area contributed by atoms with Gasteiger partial charge in [0, 0.05) is 17.8 Å². The van der Waals surface area contributed by atoms with Gasteiger partial charge >= 0.3 is 0 Å². The highest BCUT2D eigenvalue weighted by Crippen LogP contribution is 2.16. The van der Waals surface area contributed by atoms with E-state index in [9.17, 15) is 9.59 Å². The molecule has 2 rings (SSSR count). The van der Waals surface area contributed by atoms with E-state index in [4.69, 9.17) is 9.84 Å². The summed E-state index contributed by atoms with van der Waals surface area (Å²) in [6.07, 6.45) is -0.721.